The Bertz CT molecular complexity index is 691. The normalized spacial score (nSPS) is 15.2. The van der Waals surface area contributed by atoms with E-state index in [1.165, 1.54) is 0 Å². The molecule has 0 radical (unpaired) electrons. The maximum atomic E-state index is 8.94. The number of rotatable bonds is 4. The van der Waals surface area contributed by atoms with E-state index in [0.717, 1.165) is 31.6 Å². The van der Waals surface area contributed by atoms with E-state index in [9.17, 15) is 0 Å². The Balaban J connectivity index is 1.52. The van der Waals surface area contributed by atoms with Gasteiger partial charge in [-0.1, -0.05) is 17.7 Å². The number of halogens is 1. The zero-order valence-corrected chi connectivity index (χ0v) is 13.5. The SMILES string of the molecule is N#Cc1ccc(N2CCC(COc3ccccn3)CC2)cc1Cl. The third-order valence-corrected chi connectivity index (χ3v) is 4.47. The van der Waals surface area contributed by atoms with Crippen LogP contribution in [0.3, 0.4) is 0 Å². The van der Waals surface area contributed by atoms with Gasteiger partial charge < -0.3 is 9.64 Å². The molecular weight excluding hydrogens is 310 g/mol. The van der Waals surface area contributed by atoms with E-state index in [-0.39, 0.29) is 0 Å². The highest BCUT2D eigenvalue weighted by molar-refractivity contribution is 6.32. The molecule has 0 N–H and O–H groups in total. The van der Waals surface area contributed by atoms with Crippen molar-refractivity contribution in [1.29, 1.82) is 5.26 Å². The Morgan fingerprint density at radius 3 is 2.74 bits per heavy atom. The molecule has 1 aromatic heterocycles. The molecule has 3 rings (SSSR count). The average molecular weight is 328 g/mol. The lowest BCUT2D eigenvalue weighted by atomic mass is 9.97. The zero-order valence-electron chi connectivity index (χ0n) is 12.8. The predicted octanol–water partition coefficient (Wildman–Crippen LogP) is 3.90. The van der Waals surface area contributed by atoms with Crippen LogP contribution in [0.2, 0.25) is 5.02 Å². The van der Waals surface area contributed by atoms with Crippen LogP contribution < -0.4 is 9.64 Å². The number of nitriles is 1. The summed E-state index contributed by atoms with van der Waals surface area (Å²) in [5.41, 5.74) is 1.60. The van der Waals surface area contributed by atoms with Gasteiger partial charge in [0.05, 0.1) is 17.2 Å². The van der Waals surface area contributed by atoms with Gasteiger partial charge in [0, 0.05) is 31.0 Å². The third-order valence-electron chi connectivity index (χ3n) is 4.16. The summed E-state index contributed by atoms with van der Waals surface area (Å²) < 4.78 is 5.75. The van der Waals surface area contributed by atoms with Crippen molar-refractivity contribution >= 4 is 17.3 Å². The van der Waals surface area contributed by atoms with Crippen molar-refractivity contribution < 1.29 is 4.74 Å². The van der Waals surface area contributed by atoms with Crippen molar-refractivity contribution in [1.82, 2.24) is 4.98 Å². The Hall–Kier alpha value is -2.25. The number of aromatic nitrogens is 1. The van der Waals surface area contributed by atoms with Crippen LogP contribution in [0, 0.1) is 17.2 Å². The van der Waals surface area contributed by atoms with Crippen LogP contribution in [0.4, 0.5) is 5.69 Å². The molecule has 1 aliphatic rings. The first kappa shape index (κ1) is 15.6. The second kappa shape index (κ2) is 7.34. The van der Waals surface area contributed by atoms with Gasteiger partial charge in [0.1, 0.15) is 6.07 Å². The molecule has 2 aromatic rings. The van der Waals surface area contributed by atoms with Gasteiger partial charge in [0.25, 0.3) is 0 Å². The second-order valence-electron chi connectivity index (χ2n) is 5.69. The molecule has 1 saturated heterocycles. The van der Waals surface area contributed by atoms with Gasteiger partial charge in [-0.3, -0.25) is 0 Å². The van der Waals surface area contributed by atoms with Gasteiger partial charge in [0.15, 0.2) is 0 Å². The van der Waals surface area contributed by atoms with E-state index in [0.29, 0.717) is 29.0 Å². The highest BCUT2D eigenvalue weighted by atomic mass is 35.5. The van der Waals surface area contributed by atoms with E-state index in [1.54, 1.807) is 12.3 Å². The van der Waals surface area contributed by atoms with E-state index >= 15 is 0 Å². The minimum absolute atomic E-state index is 0.519. The zero-order chi connectivity index (χ0) is 16.1. The van der Waals surface area contributed by atoms with Crippen LogP contribution in [-0.4, -0.2) is 24.7 Å². The second-order valence-corrected chi connectivity index (χ2v) is 6.09. The lowest BCUT2D eigenvalue weighted by molar-refractivity contribution is 0.216. The fraction of sp³-hybridized carbons (Fsp3) is 0.333. The molecule has 23 heavy (non-hydrogen) atoms. The van der Waals surface area contributed by atoms with Gasteiger partial charge in [-0.05, 0) is 43.0 Å². The van der Waals surface area contributed by atoms with Gasteiger partial charge in [-0.2, -0.15) is 5.26 Å². The molecular formula is C18H18ClN3O. The maximum Gasteiger partial charge on any atom is 0.213 e. The molecule has 1 fully saturated rings. The summed E-state index contributed by atoms with van der Waals surface area (Å²) in [5.74, 6) is 1.23. The van der Waals surface area contributed by atoms with Crippen LogP contribution in [0.1, 0.15) is 18.4 Å². The predicted molar refractivity (Wildman–Crippen MR) is 90.8 cm³/mol. The topological polar surface area (TPSA) is 49.2 Å². The van der Waals surface area contributed by atoms with E-state index in [1.807, 2.05) is 30.3 Å². The summed E-state index contributed by atoms with van der Waals surface area (Å²) in [6, 6.07) is 13.4. The number of hydrogen-bond donors (Lipinski definition) is 0. The quantitative estimate of drug-likeness (QED) is 0.854. The van der Waals surface area contributed by atoms with Gasteiger partial charge in [0.2, 0.25) is 5.88 Å². The maximum absolute atomic E-state index is 8.94. The fourth-order valence-corrected chi connectivity index (χ4v) is 3.00. The minimum atomic E-state index is 0.519. The number of nitrogens with zero attached hydrogens (tertiary/aromatic N) is 3. The summed E-state index contributed by atoms with van der Waals surface area (Å²) in [6.45, 7) is 2.65. The van der Waals surface area contributed by atoms with E-state index < -0.39 is 0 Å². The molecule has 0 atom stereocenters. The highest BCUT2D eigenvalue weighted by Gasteiger charge is 2.20. The molecule has 0 saturated carbocycles. The van der Waals surface area contributed by atoms with Gasteiger partial charge >= 0.3 is 0 Å². The first-order valence-electron chi connectivity index (χ1n) is 7.74. The van der Waals surface area contributed by atoms with Crippen LogP contribution in [-0.2, 0) is 0 Å². The summed E-state index contributed by atoms with van der Waals surface area (Å²) in [4.78, 5) is 6.49. The van der Waals surface area contributed by atoms with Crippen molar-refractivity contribution in [2.45, 2.75) is 12.8 Å². The highest BCUT2D eigenvalue weighted by Crippen LogP contribution is 2.27. The smallest absolute Gasteiger partial charge is 0.213 e. The number of ether oxygens (including phenoxy) is 1. The third kappa shape index (κ3) is 3.94. The Kier molecular flexibility index (Phi) is 4.99. The Morgan fingerprint density at radius 2 is 2.09 bits per heavy atom. The molecule has 1 aromatic carbocycles. The molecule has 5 heteroatoms. The van der Waals surface area contributed by atoms with Crippen molar-refractivity contribution in [2.75, 3.05) is 24.6 Å². The molecule has 0 aliphatic carbocycles. The Labute approximate surface area is 141 Å². The largest absolute Gasteiger partial charge is 0.477 e. The van der Waals surface area contributed by atoms with Crippen molar-refractivity contribution in [3.05, 3.63) is 53.2 Å². The minimum Gasteiger partial charge on any atom is -0.477 e. The average Bonchev–Trinajstić information content (AvgIpc) is 2.61. The van der Waals surface area contributed by atoms with Crippen LogP contribution in [0.25, 0.3) is 0 Å². The molecule has 0 amide bonds. The Morgan fingerprint density at radius 1 is 1.26 bits per heavy atom. The molecule has 0 unspecified atom stereocenters. The monoisotopic (exact) mass is 327 g/mol. The van der Waals surface area contributed by atoms with Crippen LogP contribution >= 0.6 is 11.6 Å². The number of pyridine rings is 1. The molecule has 2 heterocycles. The molecule has 0 bridgehead atoms. The van der Waals surface area contributed by atoms with Crippen molar-refractivity contribution in [3.63, 3.8) is 0 Å². The fourth-order valence-electron chi connectivity index (χ4n) is 2.78. The molecule has 4 nitrogen and oxygen atoms in total. The van der Waals surface area contributed by atoms with E-state index in [4.69, 9.17) is 21.6 Å². The summed E-state index contributed by atoms with van der Waals surface area (Å²) >= 11 is 6.12. The summed E-state index contributed by atoms with van der Waals surface area (Å²) in [7, 11) is 0. The number of benzene rings is 1. The number of piperidine rings is 1. The number of hydrogen-bond acceptors (Lipinski definition) is 4. The van der Waals surface area contributed by atoms with Crippen LogP contribution in [0.15, 0.2) is 42.6 Å². The first-order chi connectivity index (χ1) is 11.3. The lowest BCUT2D eigenvalue weighted by Crippen LogP contribution is -2.35. The van der Waals surface area contributed by atoms with E-state index in [2.05, 4.69) is 16.0 Å². The first-order valence-corrected chi connectivity index (χ1v) is 8.12. The lowest BCUT2D eigenvalue weighted by Gasteiger charge is -2.33. The van der Waals surface area contributed by atoms with Crippen molar-refractivity contribution in [3.8, 4) is 11.9 Å². The standard InChI is InChI=1S/C18H18ClN3O/c19-17-11-16(5-4-15(17)12-20)22-9-6-14(7-10-22)13-23-18-3-1-2-8-21-18/h1-5,8,11,14H,6-7,9-10,13H2. The van der Waals surface area contributed by atoms with Gasteiger partial charge in [-0.15, -0.1) is 0 Å². The molecule has 118 valence electrons. The van der Waals surface area contributed by atoms with Crippen LogP contribution in [0.5, 0.6) is 5.88 Å². The summed E-state index contributed by atoms with van der Waals surface area (Å²) in [6.07, 6.45) is 3.89. The molecule has 0 spiro atoms. The van der Waals surface area contributed by atoms with Gasteiger partial charge in [-0.25, -0.2) is 4.98 Å². The number of anilines is 1. The van der Waals surface area contributed by atoms with Crippen molar-refractivity contribution in [2.24, 2.45) is 5.92 Å². The molecule has 1 aliphatic heterocycles. The summed E-state index contributed by atoms with van der Waals surface area (Å²) in [5, 5.41) is 9.46.